The lowest BCUT2D eigenvalue weighted by atomic mass is 10.2. The number of aromatic hydroxyl groups is 1. The van der Waals surface area contributed by atoms with Gasteiger partial charge in [0.05, 0.1) is 0 Å². The number of hydrogen-bond acceptors (Lipinski definition) is 1. The summed E-state index contributed by atoms with van der Waals surface area (Å²) in [4.78, 5) is 0. The van der Waals surface area contributed by atoms with Gasteiger partial charge in [0.25, 0.3) is 0 Å². The number of halogens is 2. The molecule has 0 unspecified atom stereocenters. The van der Waals surface area contributed by atoms with E-state index in [1.54, 1.807) is 0 Å². The third kappa shape index (κ3) is 0.943. The second-order valence-corrected chi connectivity index (χ2v) is 1.86. The van der Waals surface area contributed by atoms with Crippen molar-refractivity contribution >= 4 is 0 Å². The summed E-state index contributed by atoms with van der Waals surface area (Å²) in [5, 5.41) is 8.64. The largest absolute Gasteiger partial charge is 0.505 e. The molecule has 1 aromatic carbocycles. The Bertz CT molecular complexity index is 231. The summed E-state index contributed by atoms with van der Waals surface area (Å²) in [6.45, 7) is 3.07. The highest BCUT2D eigenvalue weighted by Gasteiger charge is 2.07. The average Bonchev–Trinajstić information content (AvgIpc) is 1.93. The summed E-state index contributed by atoms with van der Waals surface area (Å²) in [5.41, 5.74) is -0.403. The second kappa shape index (κ2) is 2.25. The van der Waals surface area contributed by atoms with Gasteiger partial charge in [-0.15, -0.1) is 0 Å². The predicted molar refractivity (Wildman–Crippen MR) is 32.5 cm³/mol. The van der Waals surface area contributed by atoms with Crippen molar-refractivity contribution in [1.82, 2.24) is 0 Å². The van der Waals surface area contributed by atoms with E-state index in [1.165, 1.54) is 0 Å². The zero-order chi connectivity index (χ0) is 7.72. The fourth-order valence-electron chi connectivity index (χ4n) is 0.585. The molecule has 53 valence electrons. The van der Waals surface area contributed by atoms with Gasteiger partial charge in [0.2, 0.25) is 0 Å². The Kier molecular flexibility index (Phi) is 1.57. The third-order valence-corrected chi connectivity index (χ3v) is 1.17. The van der Waals surface area contributed by atoms with Gasteiger partial charge in [-0.2, -0.15) is 0 Å². The van der Waals surface area contributed by atoms with Crippen molar-refractivity contribution in [3.63, 3.8) is 0 Å². The second-order valence-electron chi connectivity index (χ2n) is 1.86. The monoisotopic (exact) mass is 143 g/mol. The molecule has 1 N–H and O–H groups in total. The Morgan fingerprint density at radius 1 is 1.30 bits per heavy atom. The molecular weight excluding hydrogens is 138 g/mol. The lowest BCUT2D eigenvalue weighted by molar-refractivity contribution is 0.426. The molecule has 10 heavy (non-hydrogen) atoms. The van der Waals surface area contributed by atoms with Crippen LogP contribution < -0.4 is 0 Å². The van der Waals surface area contributed by atoms with Gasteiger partial charge in [-0.05, 0) is 19.1 Å². The molecule has 0 atom stereocenters. The van der Waals surface area contributed by atoms with E-state index in [1.807, 2.05) is 0 Å². The lowest BCUT2D eigenvalue weighted by Crippen LogP contribution is -1.87. The van der Waals surface area contributed by atoms with Crippen LogP contribution in [0.4, 0.5) is 8.78 Å². The molecule has 1 nitrogen and oxygen atoms in total. The lowest BCUT2D eigenvalue weighted by Gasteiger charge is -1.98. The Hall–Kier alpha value is -1.12. The van der Waals surface area contributed by atoms with E-state index in [9.17, 15) is 8.78 Å². The van der Waals surface area contributed by atoms with Crippen LogP contribution in [-0.4, -0.2) is 5.11 Å². The van der Waals surface area contributed by atoms with Gasteiger partial charge in [0, 0.05) is 5.56 Å². The minimum Gasteiger partial charge on any atom is -0.505 e. The number of phenolic OH excluding ortho intramolecular Hbond substituents is 1. The maximum Gasteiger partial charge on any atom is 0.170 e. The quantitative estimate of drug-likeness (QED) is 0.587. The summed E-state index contributed by atoms with van der Waals surface area (Å²) < 4.78 is 24.8. The fourth-order valence-corrected chi connectivity index (χ4v) is 0.585. The van der Waals surface area contributed by atoms with Gasteiger partial charge < -0.3 is 5.11 Å². The number of hydrogen-bond donors (Lipinski definition) is 1. The first-order valence-electron chi connectivity index (χ1n) is 2.62. The smallest absolute Gasteiger partial charge is 0.170 e. The highest BCUT2D eigenvalue weighted by atomic mass is 19.1. The van der Waals surface area contributed by atoms with E-state index in [0.717, 1.165) is 12.1 Å². The first-order valence-corrected chi connectivity index (χ1v) is 2.62. The molecular formula is C7H5F2O. The van der Waals surface area contributed by atoms with Crippen LogP contribution in [0, 0.1) is 18.6 Å². The van der Waals surface area contributed by atoms with Crippen molar-refractivity contribution in [3.8, 4) is 5.75 Å². The first kappa shape index (κ1) is 6.99. The average molecular weight is 143 g/mol. The molecule has 3 heteroatoms. The van der Waals surface area contributed by atoms with Crippen LogP contribution >= 0.6 is 0 Å². The highest BCUT2D eigenvalue weighted by molar-refractivity contribution is 5.32. The molecule has 0 spiro atoms. The number of phenols is 1. The number of benzene rings is 1. The van der Waals surface area contributed by atoms with Gasteiger partial charge >= 0.3 is 0 Å². The number of rotatable bonds is 0. The van der Waals surface area contributed by atoms with E-state index in [2.05, 4.69) is 6.92 Å². The van der Waals surface area contributed by atoms with Crippen molar-refractivity contribution in [1.29, 1.82) is 0 Å². The maximum atomic E-state index is 12.4. The van der Waals surface area contributed by atoms with Crippen molar-refractivity contribution in [2.45, 2.75) is 0 Å². The molecule has 0 aliphatic heterocycles. The zero-order valence-electron chi connectivity index (χ0n) is 5.06. The van der Waals surface area contributed by atoms with Crippen LogP contribution in [0.2, 0.25) is 0 Å². The van der Waals surface area contributed by atoms with E-state index < -0.39 is 22.9 Å². The molecule has 0 aliphatic carbocycles. The van der Waals surface area contributed by atoms with Crippen LogP contribution in [0.15, 0.2) is 12.1 Å². The van der Waals surface area contributed by atoms with Crippen LogP contribution in [0.5, 0.6) is 5.75 Å². The summed E-state index contributed by atoms with van der Waals surface area (Å²) >= 11 is 0. The predicted octanol–water partition coefficient (Wildman–Crippen LogP) is 1.85. The first-order chi connectivity index (χ1) is 4.63. The molecule has 0 saturated carbocycles. The SMILES string of the molecule is [CH2]c1c(F)ccc(O)c1F. The minimum absolute atomic E-state index is 0.403. The molecule has 1 aromatic rings. The van der Waals surface area contributed by atoms with Crippen molar-refractivity contribution < 1.29 is 13.9 Å². The maximum absolute atomic E-state index is 12.4. The normalized spacial score (nSPS) is 9.90. The fraction of sp³-hybridized carbons (Fsp3) is 0. The zero-order valence-corrected chi connectivity index (χ0v) is 5.06. The molecule has 1 radical (unpaired) electrons. The summed E-state index contributed by atoms with van der Waals surface area (Å²) in [6.07, 6.45) is 0. The Labute approximate surface area is 56.9 Å². The van der Waals surface area contributed by atoms with Gasteiger partial charge in [0.1, 0.15) is 5.82 Å². The van der Waals surface area contributed by atoms with Crippen molar-refractivity contribution in [2.75, 3.05) is 0 Å². The van der Waals surface area contributed by atoms with E-state index >= 15 is 0 Å². The topological polar surface area (TPSA) is 20.2 Å². The van der Waals surface area contributed by atoms with E-state index in [4.69, 9.17) is 5.11 Å². The summed E-state index contributed by atoms with van der Waals surface area (Å²) in [7, 11) is 0. The molecule has 0 heterocycles. The summed E-state index contributed by atoms with van der Waals surface area (Å²) in [5.74, 6) is -2.33. The molecule has 1 rings (SSSR count). The Morgan fingerprint density at radius 3 is 2.40 bits per heavy atom. The van der Waals surface area contributed by atoms with E-state index in [-0.39, 0.29) is 0 Å². The van der Waals surface area contributed by atoms with Gasteiger partial charge in [-0.1, -0.05) is 0 Å². The summed E-state index contributed by atoms with van der Waals surface area (Å²) in [6, 6.07) is 1.90. The van der Waals surface area contributed by atoms with Crippen molar-refractivity contribution in [2.24, 2.45) is 0 Å². The molecule has 0 saturated heterocycles. The Morgan fingerprint density at radius 2 is 1.90 bits per heavy atom. The van der Waals surface area contributed by atoms with Gasteiger partial charge in [-0.25, -0.2) is 8.78 Å². The molecule has 0 amide bonds. The molecule has 0 bridgehead atoms. The molecule has 0 aromatic heterocycles. The highest BCUT2D eigenvalue weighted by Crippen LogP contribution is 2.20. The third-order valence-electron chi connectivity index (χ3n) is 1.17. The van der Waals surface area contributed by atoms with Gasteiger partial charge in [-0.3, -0.25) is 0 Å². The van der Waals surface area contributed by atoms with Crippen LogP contribution in [0.25, 0.3) is 0 Å². The van der Waals surface area contributed by atoms with Gasteiger partial charge in [0.15, 0.2) is 11.6 Å². The van der Waals surface area contributed by atoms with Crippen molar-refractivity contribution in [3.05, 3.63) is 36.3 Å². The van der Waals surface area contributed by atoms with Crippen LogP contribution in [0.1, 0.15) is 5.56 Å². The standard InChI is InChI=1S/C7H5F2O/c1-4-5(8)2-3-6(10)7(4)9/h2-3,10H,1H2. The van der Waals surface area contributed by atoms with E-state index in [0.29, 0.717) is 0 Å². The molecule has 0 fully saturated rings. The Balaban J connectivity index is 3.34. The van der Waals surface area contributed by atoms with Crippen LogP contribution in [0.3, 0.4) is 0 Å². The van der Waals surface area contributed by atoms with Crippen LogP contribution in [-0.2, 0) is 0 Å². The molecule has 0 aliphatic rings. The minimum atomic E-state index is -1.000.